The van der Waals surface area contributed by atoms with Gasteiger partial charge in [-0.3, -0.25) is 0 Å². The fourth-order valence-corrected chi connectivity index (χ4v) is 3.00. The fraction of sp³-hybridized carbons (Fsp3) is 0.929. The molecule has 116 valence electrons. The maximum atomic E-state index is 13.7. The number of carbonyl (C=O) groups excluding carboxylic acids is 1. The minimum atomic E-state index is -2.61. The summed E-state index contributed by atoms with van der Waals surface area (Å²) in [6.07, 6.45) is 0.912. The summed E-state index contributed by atoms with van der Waals surface area (Å²) in [5.74, 6) is -3.22. The van der Waals surface area contributed by atoms with Gasteiger partial charge >= 0.3 is 6.09 Å². The number of hydrogen-bond donors (Lipinski definition) is 1. The molecule has 0 aromatic rings. The van der Waals surface area contributed by atoms with Gasteiger partial charge in [0.15, 0.2) is 0 Å². The van der Waals surface area contributed by atoms with E-state index >= 15 is 0 Å². The van der Waals surface area contributed by atoms with Gasteiger partial charge in [-0.05, 0) is 39.5 Å². The van der Waals surface area contributed by atoms with E-state index in [0.29, 0.717) is 32.5 Å². The number of hydrogen-bond acceptors (Lipinski definition) is 3. The molecule has 1 amide bonds. The molecule has 2 rings (SSSR count). The van der Waals surface area contributed by atoms with E-state index in [-0.39, 0.29) is 18.6 Å². The highest BCUT2D eigenvalue weighted by Gasteiger charge is 2.48. The average molecular weight is 290 g/mol. The second-order valence-corrected chi connectivity index (χ2v) is 6.80. The maximum Gasteiger partial charge on any atom is 0.410 e. The molecule has 2 aliphatic rings. The molecule has 0 bridgehead atoms. The van der Waals surface area contributed by atoms with Gasteiger partial charge < -0.3 is 15.0 Å². The third kappa shape index (κ3) is 3.59. The van der Waals surface area contributed by atoms with Crippen molar-refractivity contribution in [1.29, 1.82) is 0 Å². The number of nitrogens with one attached hydrogen (secondary N) is 1. The van der Waals surface area contributed by atoms with Crippen molar-refractivity contribution in [2.75, 3.05) is 26.2 Å². The van der Waals surface area contributed by atoms with Gasteiger partial charge in [-0.15, -0.1) is 0 Å². The molecule has 20 heavy (non-hydrogen) atoms. The van der Waals surface area contributed by atoms with Crippen molar-refractivity contribution in [2.45, 2.75) is 45.1 Å². The molecule has 2 fully saturated rings. The number of rotatable bonds is 1. The van der Waals surface area contributed by atoms with Crippen LogP contribution in [-0.4, -0.2) is 48.7 Å². The van der Waals surface area contributed by atoms with Crippen LogP contribution in [0.15, 0.2) is 0 Å². The Balaban J connectivity index is 1.85. The summed E-state index contributed by atoms with van der Waals surface area (Å²) in [4.78, 5) is 13.5. The zero-order valence-corrected chi connectivity index (χ0v) is 12.4. The Morgan fingerprint density at radius 2 is 1.90 bits per heavy atom. The predicted molar refractivity (Wildman–Crippen MR) is 71.8 cm³/mol. The number of halogens is 2. The molecule has 0 aromatic heterocycles. The second kappa shape index (κ2) is 5.47. The highest BCUT2D eigenvalue weighted by atomic mass is 19.3. The van der Waals surface area contributed by atoms with Crippen LogP contribution in [-0.2, 0) is 4.74 Å². The standard InChI is InChI=1S/C14H24F2N2O2/c1-13(2,3)20-12(19)18-6-4-10(5-7-18)11-8-17-9-14(11,15)16/h10-11,17H,4-9H2,1-3H3. The van der Waals surface area contributed by atoms with Gasteiger partial charge in [0.1, 0.15) is 5.60 Å². The van der Waals surface area contributed by atoms with Crippen LogP contribution >= 0.6 is 0 Å². The predicted octanol–water partition coefficient (Wildman–Crippen LogP) is 2.49. The number of amides is 1. The number of alkyl halides is 2. The SMILES string of the molecule is CC(C)(C)OC(=O)N1CCC(C2CNCC2(F)F)CC1. The van der Waals surface area contributed by atoms with E-state index in [0.717, 1.165) is 0 Å². The molecule has 0 radical (unpaired) electrons. The molecule has 2 saturated heterocycles. The molecule has 1 N–H and O–H groups in total. The number of likely N-dealkylation sites (tertiary alicyclic amines) is 1. The van der Waals surface area contributed by atoms with Crippen molar-refractivity contribution in [3.63, 3.8) is 0 Å². The van der Waals surface area contributed by atoms with E-state index in [1.54, 1.807) is 4.90 Å². The minimum Gasteiger partial charge on any atom is -0.444 e. The second-order valence-electron chi connectivity index (χ2n) is 6.80. The van der Waals surface area contributed by atoms with E-state index in [1.807, 2.05) is 20.8 Å². The molecule has 0 saturated carbocycles. The summed E-state index contributed by atoms with van der Waals surface area (Å²) >= 11 is 0. The van der Waals surface area contributed by atoms with Crippen LogP contribution in [0, 0.1) is 11.8 Å². The van der Waals surface area contributed by atoms with Crippen LogP contribution in [0.2, 0.25) is 0 Å². The normalized spacial score (nSPS) is 27.6. The Morgan fingerprint density at radius 3 is 2.35 bits per heavy atom. The first-order valence-electron chi connectivity index (χ1n) is 7.25. The van der Waals surface area contributed by atoms with Crippen molar-refractivity contribution in [2.24, 2.45) is 11.8 Å². The van der Waals surface area contributed by atoms with E-state index in [9.17, 15) is 13.6 Å². The maximum absolute atomic E-state index is 13.7. The van der Waals surface area contributed by atoms with E-state index in [1.165, 1.54) is 0 Å². The molecular formula is C14H24F2N2O2. The lowest BCUT2D eigenvalue weighted by atomic mass is 9.82. The quantitative estimate of drug-likeness (QED) is 0.806. The lowest BCUT2D eigenvalue weighted by Gasteiger charge is -2.36. The first-order chi connectivity index (χ1) is 9.19. The van der Waals surface area contributed by atoms with Gasteiger partial charge in [-0.2, -0.15) is 0 Å². The Labute approximate surface area is 118 Å². The Hall–Kier alpha value is -0.910. The Morgan fingerprint density at radius 1 is 1.30 bits per heavy atom. The Kier molecular flexibility index (Phi) is 4.23. The first-order valence-corrected chi connectivity index (χ1v) is 7.25. The number of carbonyl (C=O) groups is 1. The van der Waals surface area contributed by atoms with Gasteiger partial charge in [0.2, 0.25) is 0 Å². The van der Waals surface area contributed by atoms with Gasteiger partial charge in [-0.25, -0.2) is 13.6 Å². The molecule has 6 heteroatoms. The van der Waals surface area contributed by atoms with Crippen LogP contribution < -0.4 is 5.32 Å². The van der Waals surface area contributed by atoms with Crippen molar-refractivity contribution >= 4 is 6.09 Å². The third-order valence-electron chi connectivity index (χ3n) is 4.03. The largest absolute Gasteiger partial charge is 0.444 e. The Bertz CT molecular complexity index is 361. The summed E-state index contributed by atoms with van der Waals surface area (Å²) in [7, 11) is 0. The number of piperidine rings is 1. The van der Waals surface area contributed by atoms with Crippen LogP contribution in [0.25, 0.3) is 0 Å². The average Bonchev–Trinajstić information content (AvgIpc) is 2.67. The van der Waals surface area contributed by atoms with E-state index in [2.05, 4.69) is 5.32 Å². The van der Waals surface area contributed by atoms with Gasteiger partial charge in [-0.1, -0.05) is 0 Å². The van der Waals surface area contributed by atoms with Crippen molar-refractivity contribution < 1.29 is 18.3 Å². The molecule has 4 nitrogen and oxygen atoms in total. The van der Waals surface area contributed by atoms with Crippen molar-refractivity contribution in [3.05, 3.63) is 0 Å². The van der Waals surface area contributed by atoms with Crippen molar-refractivity contribution in [1.82, 2.24) is 10.2 Å². The molecule has 0 aliphatic carbocycles. The van der Waals surface area contributed by atoms with Crippen LogP contribution in [0.1, 0.15) is 33.6 Å². The first kappa shape index (κ1) is 15.5. The summed E-state index contributed by atoms with van der Waals surface area (Å²) in [6, 6.07) is 0. The van der Waals surface area contributed by atoms with Crippen LogP contribution in [0.3, 0.4) is 0 Å². The zero-order chi connectivity index (χ0) is 15.0. The van der Waals surface area contributed by atoms with Gasteiger partial charge in [0.25, 0.3) is 5.92 Å². The lowest BCUT2D eigenvalue weighted by Crippen LogP contribution is -2.45. The molecule has 2 heterocycles. The smallest absolute Gasteiger partial charge is 0.410 e. The van der Waals surface area contributed by atoms with Crippen LogP contribution in [0.5, 0.6) is 0 Å². The number of ether oxygens (including phenoxy) is 1. The van der Waals surface area contributed by atoms with E-state index < -0.39 is 17.4 Å². The summed E-state index contributed by atoms with van der Waals surface area (Å²) in [5, 5.41) is 2.77. The van der Waals surface area contributed by atoms with Crippen LogP contribution in [0.4, 0.5) is 13.6 Å². The minimum absolute atomic E-state index is 0.0151. The van der Waals surface area contributed by atoms with Gasteiger partial charge in [0.05, 0.1) is 6.54 Å². The fourth-order valence-electron chi connectivity index (χ4n) is 3.00. The summed E-state index contributed by atoms with van der Waals surface area (Å²) < 4.78 is 32.7. The number of nitrogens with zero attached hydrogens (tertiary/aromatic N) is 1. The van der Waals surface area contributed by atoms with Crippen molar-refractivity contribution in [3.8, 4) is 0 Å². The molecule has 0 aromatic carbocycles. The lowest BCUT2D eigenvalue weighted by molar-refractivity contribution is -0.0541. The molecule has 2 aliphatic heterocycles. The molecular weight excluding hydrogens is 266 g/mol. The highest BCUT2D eigenvalue weighted by Crippen LogP contribution is 2.38. The summed E-state index contributed by atoms with van der Waals surface area (Å²) in [6.45, 7) is 6.64. The summed E-state index contributed by atoms with van der Waals surface area (Å²) in [5.41, 5.74) is -0.518. The highest BCUT2D eigenvalue weighted by molar-refractivity contribution is 5.68. The topological polar surface area (TPSA) is 41.6 Å². The molecule has 1 atom stereocenters. The zero-order valence-electron chi connectivity index (χ0n) is 12.4. The monoisotopic (exact) mass is 290 g/mol. The third-order valence-corrected chi connectivity index (χ3v) is 4.03. The molecule has 0 spiro atoms. The van der Waals surface area contributed by atoms with E-state index in [4.69, 9.17) is 4.74 Å². The molecule has 1 unspecified atom stereocenters. The van der Waals surface area contributed by atoms with Gasteiger partial charge in [0, 0.05) is 25.6 Å².